The topological polar surface area (TPSA) is 61.3 Å². The molecule has 0 saturated heterocycles. The number of ketones is 1. The van der Waals surface area contributed by atoms with Crippen molar-refractivity contribution in [3.8, 4) is 11.6 Å². The Balaban J connectivity index is 1.67. The molecular weight excluding hydrogens is 324 g/mol. The number of thiophene rings is 1. The first-order chi connectivity index (χ1) is 11.6. The third-order valence-corrected chi connectivity index (χ3v) is 4.89. The van der Waals surface area contributed by atoms with Crippen molar-refractivity contribution >= 4 is 27.3 Å². The number of nitrogens with zero attached hydrogens (tertiary/aromatic N) is 2. The summed E-state index contributed by atoms with van der Waals surface area (Å²) in [7, 11) is 0. The molecule has 0 spiro atoms. The van der Waals surface area contributed by atoms with Crippen LogP contribution < -0.4 is 9.47 Å². The van der Waals surface area contributed by atoms with Crippen LogP contribution in [0.1, 0.15) is 27.7 Å². The number of carbonyl (C=O) groups is 1. The third kappa shape index (κ3) is 3.23. The number of para-hydroxylation sites is 1. The second-order valence-electron chi connectivity index (χ2n) is 5.39. The van der Waals surface area contributed by atoms with E-state index >= 15 is 0 Å². The molecule has 0 aliphatic heterocycles. The minimum atomic E-state index is -0.0200. The van der Waals surface area contributed by atoms with Crippen LogP contribution in [0.3, 0.4) is 0 Å². The molecule has 1 aromatic carbocycles. The fourth-order valence-corrected chi connectivity index (χ4v) is 3.42. The smallest absolute Gasteiger partial charge is 0.225 e. The van der Waals surface area contributed by atoms with Gasteiger partial charge < -0.3 is 9.47 Å². The van der Waals surface area contributed by atoms with Gasteiger partial charge in [-0.3, -0.25) is 4.79 Å². The second-order valence-corrected chi connectivity index (χ2v) is 6.59. The summed E-state index contributed by atoms with van der Waals surface area (Å²) in [5.41, 5.74) is 1.72. The molecule has 0 N–H and O–H groups in total. The first-order valence-corrected chi connectivity index (χ1v) is 8.46. The summed E-state index contributed by atoms with van der Waals surface area (Å²) in [6.45, 7) is 6.31. The normalized spacial score (nSPS) is 10.8. The van der Waals surface area contributed by atoms with Crippen molar-refractivity contribution in [3.63, 3.8) is 0 Å². The molecule has 3 rings (SSSR count). The summed E-state index contributed by atoms with van der Waals surface area (Å²) in [6.07, 6.45) is 1.51. The lowest BCUT2D eigenvalue weighted by Crippen LogP contribution is -2.11. The fraction of sp³-hybridized carbons (Fsp3) is 0.278. The molecule has 124 valence electrons. The average Bonchev–Trinajstić information content (AvgIpc) is 2.87. The van der Waals surface area contributed by atoms with Gasteiger partial charge in [0.15, 0.2) is 5.78 Å². The van der Waals surface area contributed by atoms with Gasteiger partial charge in [0.1, 0.15) is 30.1 Å². The molecule has 0 aliphatic rings. The zero-order valence-corrected chi connectivity index (χ0v) is 14.6. The SMILES string of the molecule is CC(=O)c1ccccc1OCCOc1ncnc2sc(C)c(C)c12. The molecule has 24 heavy (non-hydrogen) atoms. The van der Waals surface area contributed by atoms with E-state index in [0.717, 1.165) is 15.8 Å². The third-order valence-electron chi connectivity index (χ3n) is 3.78. The van der Waals surface area contributed by atoms with Crippen molar-refractivity contribution in [1.82, 2.24) is 9.97 Å². The first-order valence-electron chi connectivity index (χ1n) is 7.64. The van der Waals surface area contributed by atoms with Gasteiger partial charge in [0, 0.05) is 4.88 Å². The lowest BCUT2D eigenvalue weighted by Gasteiger charge is -2.10. The Labute approximate surface area is 144 Å². The first kappa shape index (κ1) is 16.4. The van der Waals surface area contributed by atoms with Gasteiger partial charge in [0.05, 0.1) is 10.9 Å². The van der Waals surface area contributed by atoms with Crippen molar-refractivity contribution in [2.45, 2.75) is 20.8 Å². The maximum atomic E-state index is 11.6. The number of hydrogen-bond donors (Lipinski definition) is 0. The zero-order chi connectivity index (χ0) is 17.1. The van der Waals surface area contributed by atoms with E-state index in [0.29, 0.717) is 30.4 Å². The molecule has 2 heterocycles. The van der Waals surface area contributed by atoms with E-state index in [1.165, 1.54) is 18.1 Å². The molecule has 0 unspecified atom stereocenters. The molecule has 0 fully saturated rings. The van der Waals surface area contributed by atoms with E-state index in [1.54, 1.807) is 23.5 Å². The zero-order valence-electron chi connectivity index (χ0n) is 13.8. The monoisotopic (exact) mass is 342 g/mol. The maximum absolute atomic E-state index is 11.6. The van der Waals surface area contributed by atoms with E-state index in [4.69, 9.17) is 9.47 Å². The van der Waals surface area contributed by atoms with E-state index < -0.39 is 0 Å². The fourth-order valence-electron chi connectivity index (χ4n) is 2.43. The van der Waals surface area contributed by atoms with Gasteiger partial charge in [-0.25, -0.2) is 9.97 Å². The number of aromatic nitrogens is 2. The Kier molecular flexibility index (Phi) is 4.76. The Morgan fingerprint density at radius 2 is 1.88 bits per heavy atom. The van der Waals surface area contributed by atoms with Crippen LogP contribution >= 0.6 is 11.3 Å². The molecule has 2 aromatic heterocycles. The molecule has 3 aromatic rings. The minimum absolute atomic E-state index is 0.0200. The van der Waals surface area contributed by atoms with Crippen LogP contribution in [-0.4, -0.2) is 29.0 Å². The van der Waals surface area contributed by atoms with Gasteiger partial charge in [-0.15, -0.1) is 11.3 Å². The van der Waals surface area contributed by atoms with Crippen LogP contribution in [-0.2, 0) is 0 Å². The van der Waals surface area contributed by atoms with Crippen molar-refractivity contribution in [2.24, 2.45) is 0 Å². The van der Waals surface area contributed by atoms with Crippen molar-refractivity contribution in [2.75, 3.05) is 13.2 Å². The predicted octanol–water partition coefficient (Wildman–Crippen LogP) is 3.97. The molecule has 0 aliphatic carbocycles. The molecule has 0 amide bonds. The number of Topliss-reactive ketones (excluding diaryl/α,β-unsaturated/α-hetero) is 1. The summed E-state index contributed by atoms with van der Waals surface area (Å²) in [4.78, 5) is 22.2. The van der Waals surface area contributed by atoms with Gasteiger partial charge in [-0.2, -0.15) is 0 Å². The van der Waals surface area contributed by atoms with Gasteiger partial charge >= 0.3 is 0 Å². The van der Waals surface area contributed by atoms with Crippen LogP contribution in [0, 0.1) is 13.8 Å². The number of hydrogen-bond acceptors (Lipinski definition) is 6. The van der Waals surface area contributed by atoms with Crippen molar-refractivity contribution < 1.29 is 14.3 Å². The highest BCUT2D eigenvalue weighted by Crippen LogP contribution is 2.33. The molecule has 6 heteroatoms. The highest BCUT2D eigenvalue weighted by molar-refractivity contribution is 7.18. The predicted molar refractivity (Wildman–Crippen MR) is 94.3 cm³/mol. The van der Waals surface area contributed by atoms with E-state index in [1.807, 2.05) is 19.1 Å². The van der Waals surface area contributed by atoms with Gasteiger partial charge in [-0.05, 0) is 38.5 Å². The average molecular weight is 342 g/mol. The van der Waals surface area contributed by atoms with E-state index in [9.17, 15) is 4.79 Å². The summed E-state index contributed by atoms with van der Waals surface area (Å²) < 4.78 is 11.5. The standard InChI is InChI=1S/C18H18N2O3S/c1-11-13(3)24-18-16(11)17(19-10-20-18)23-9-8-22-15-7-5-4-6-14(15)12(2)21/h4-7,10H,8-9H2,1-3H3. The molecule has 0 bridgehead atoms. The summed E-state index contributed by atoms with van der Waals surface area (Å²) >= 11 is 1.63. The quantitative estimate of drug-likeness (QED) is 0.501. The van der Waals surface area contributed by atoms with Crippen LogP contribution in [0.25, 0.3) is 10.2 Å². The second kappa shape index (κ2) is 6.97. The Bertz CT molecular complexity index is 889. The van der Waals surface area contributed by atoms with Crippen LogP contribution in [0.2, 0.25) is 0 Å². The minimum Gasteiger partial charge on any atom is -0.489 e. The largest absolute Gasteiger partial charge is 0.489 e. The number of rotatable bonds is 6. The lowest BCUT2D eigenvalue weighted by atomic mass is 10.1. The maximum Gasteiger partial charge on any atom is 0.225 e. The van der Waals surface area contributed by atoms with E-state index in [2.05, 4.69) is 16.9 Å². The number of aryl methyl sites for hydroxylation is 2. The molecule has 0 saturated carbocycles. The Morgan fingerprint density at radius 3 is 2.67 bits per heavy atom. The molecule has 0 radical (unpaired) electrons. The highest BCUT2D eigenvalue weighted by Gasteiger charge is 2.13. The summed E-state index contributed by atoms with van der Waals surface area (Å²) in [5.74, 6) is 1.13. The highest BCUT2D eigenvalue weighted by atomic mass is 32.1. The summed E-state index contributed by atoms with van der Waals surface area (Å²) in [5, 5.41) is 0.962. The molecule has 0 atom stereocenters. The number of carbonyl (C=O) groups excluding carboxylic acids is 1. The number of benzene rings is 1. The van der Waals surface area contributed by atoms with Crippen LogP contribution in [0.5, 0.6) is 11.6 Å². The summed E-state index contributed by atoms with van der Waals surface area (Å²) in [6, 6.07) is 7.20. The van der Waals surface area contributed by atoms with E-state index in [-0.39, 0.29) is 5.78 Å². The van der Waals surface area contributed by atoms with Gasteiger partial charge in [-0.1, -0.05) is 12.1 Å². The number of ether oxygens (including phenoxy) is 2. The van der Waals surface area contributed by atoms with Crippen molar-refractivity contribution in [3.05, 3.63) is 46.6 Å². The Morgan fingerprint density at radius 1 is 1.12 bits per heavy atom. The van der Waals surface area contributed by atoms with Gasteiger partial charge in [0.2, 0.25) is 5.88 Å². The lowest BCUT2D eigenvalue weighted by molar-refractivity contribution is 0.101. The number of fused-ring (bicyclic) bond motifs is 1. The Hall–Kier alpha value is -2.47. The molecule has 5 nitrogen and oxygen atoms in total. The van der Waals surface area contributed by atoms with Gasteiger partial charge in [0.25, 0.3) is 0 Å². The van der Waals surface area contributed by atoms with Crippen LogP contribution in [0.4, 0.5) is 0 Å². The van der Waals surface area contributed by atoms with Crippen molar-refractivity contribution in [1.29, 1.82) is 0 Å². The van der Waals surface area contributed by atoms with Crippen LogP contribution in [0.15, 0.2) is 30.6 Å². The molecular formula is C18H18N2O3S.